The molecule has 3 aliphatic heterocycles. The van der Waals surface area contributed by atoms with Gasteiger partial charge >= 0.3 is 6.36 Å². The zero-order chi connectivity index (χ0) is 25.0. The number of rotatable bonds is 3. The quantitative estimate of drug-likeness (QED) is 0.659. The van der Waals surface area contributed by atoms with Gasteiger partial charge in [-0.25, -0.2) is 13.8 Å². The van der Waals surface area contributed by atoms with Crippen molar-refractivity contribution >= 4 is 11.5 Å². The molecular weight excluding hydrogens is 475 g/mol. The summed E-state index contributed by atoms with van der Waals surface area (Å²) in [7, 11) is 0. The molecular formula is C23H21F5N4O3. The van der Waals surface area contributed by atoms with E-state index in [1.165, 1.54) is 23.2 Å². The molecule has 2 aromatic rings. The Morgan fingerprint density at radius 1 is 1.23 bits per heavy atom. The molecule has 1 amide bonds. The third kappa shape index (κ3) is 4.72. The van der Waals surface area contributed by atoms with E-state index in [1.54, 1.807) is 6.07 Å². The summed E-state index contributed by atoms with van der Waals surface area (Å²) in [4.78, 5) is 23.3. The van der Waals surface area contributed by atoms with Crippen LogP contribution in [-0.4, -0.2) is 54.0 Å². The number of hydrogen-bond donors (Lipinski definition) is 1. The Morgan fingerprint density at radius 2 is 1.97 bits per heavy atom. The Bertz CT molecular complexity index is 1270. The van der Waals surface area contributed by atoms with E-state index in [0.717, 1.165) is 17.7 Å². The normalized spacial score (nSPS) is 25.5. The molecule has 3 aliphatic rings. The maximum absolute atomic E-state index is 14.3. The van der Waals surface area contributed by atoms with Crippen LogP contribution in [0.2, 0.25) is 0 Å². The third-order valence-corrected chi connectivity index (χ3v) is 6.50. The van der Waals surface area contributed by atoms with Crippen LogP contribution in [-0.2, 0) is 4.74 Å². The molecule has 0 aliphatic carbocycles. The number of carbonyl (C=O) groups is 1. The highest BCUT2D eigenvalue weighted by molar-refractivity contribution is 5.92. The van der Waals surface area contributed by atoms with Gasteiger partial charge in [0, 0.05) is 30.5 Å². The summed E-state index contributed by atoms with van der Waals surface area (Å²) < 4.78 is 75.4. The highest BCUT2D eigenvalue weighted by Gasteiger charge is 2.43. The van der Waals surface area contributed by atoms with Gasteiger partial charge in [0.25, 0.3) is 11.8 Å². The summed E-state index contributed by atoms with van der Waals surface area (Å²) in [6, 6.07) is 5.11. The van der Waals surface area contributed by atoms with Gasteiger partial charge in [0.15, 0.2) is 0 Å². The van der Waals surface area contributed by atoms with Gasteiger partial charge in [0.05, 0.1) is 30.8 Å². The van der Waals surface area contributed by atoms with Crippen LogP contribution in [0.3, 0.4) is 0 Å². The van der Waals surface area contributed by atoms with E-state index in [-0.39, 0.29) is 23.7 Å². The number of nitrogens with two attached hydrogens (primary N) is 1. The number of amides is 1. The van der Waals surface area contributed by atoms with Gasteiger partial charge in [-0.05, 0) is 29.3 Å². The molecule has 0 spiro atoms. The van der Waals surface area contributed by atoms with Crippen molar-refractivity contribution < 1.29 is 36.2 Å². The Labute approximate surface area is 196 Å². The van der Waals surface area contributed by atoms with Crippen LogP contribution in [0.1, 0.15) is 34.9 Å². The molecule has 2 unspecified atom stereocenters. The van der Waals surface area contributed by atoms with E-state index in [2.05, 4.69) is 14.7 Å². The van der Waals surface area contributed by atoms with Crippen LogP contribution in [0.5, 0.6) is 5.75 Å². The van der Waals surface area contributed by atoms with Gasteiger partial charge in [0.2, 0.25) is 0 Å². The largest absolute Gasteiger partial charge is 0.573 e. The van der Waals surface area contributed by atoms with Gasteiger partial charge < -0.3 is 20.1 Å². The summed E-state index contributed by atoms with van der Waals surface area (Å²) in [6.45, 7) is 0.527. The Balaban J connectivity index is 1.48. The van der Waals surface area contributed by atoms with Crippen LogP contribution in [0.15, 0.2) is 41.5 Å². The van der Waals surface area contributed by atoms with E-state index < -0.39 is 49.0 Å². The number of halogens is 5. The molecule has 0 saturated carbocycles. The highest BCUT2D eigenvalue weighted by Crippen LogP contribution is 2.41. The first kappa shape index (κ1) is 23.6. The lowest BCUT2D eigenvalue weighted by atomic mass is 9.92. The molecule has 7 nitrogen and oxygen atoms in total. The summed E-state index contributed by atoms with van der Waals surface area (Å²) >= 11 is 0. The predicted molar refractivity (Wildman–Crippen MR) is 112 cm³/mol. The third-order valence-electron chi connectivity index (χ3n) is 6.50. The minimum atomic E-state index is -4.88. The number of alkyl halides is 5. The zero-order valence-corrected chi connectivity index (χ0v) is 18.3. The molecule has 1 aromatic heterocycles. The van der Waals surface area contributed by atoms with Crippen molar-refractivity contribution in [2.75, 3.05) is 19.8 Å². The number of fused-ring (bicyclic) bond motifs is 2. The molecule has 1 aromatic carbocycles. The summed E-state index contributed by atoms with van der Waals surface area (Å²) in [5, 5.41) is 1.23. The van der Waals surface area contributed by atoms with E-state index in [1.807, 2.05) is 0 Å². The Kier molecular flexibility index (Phi) is 5.75. The summed E-state index contributed by atoms with van der Waals surface area (Å²) in [5.74, 6) is -4.18. The average molecular weight is 496 g/mol. The minimum Gasteiger partial charge on any atom is -0.406 e. The van der Waals surface area contributed by atoms with E-state index >= 15 is 0 Å². The Hall–Kier alpha value is -3.12. The number of benzene rings is 1. The van der Waals surface area contributed by atoms with Crippen molar-refractivity contribution in [3.05, 3.63) is 58.4 Å². The number of carbonyl (C=O) groups excluding carboxylic acids is 1. The van der Waals surface area contributed by atoms with Crippen LogP contribution >= 0.6 is 0 Å². The predicted octanol–water partition coefficient (Wildman–Crippen LogP) is 2.31. The molecule has 5 rings (SSSR count). The van der Waals surface area contributed by atoms with Crippen LogP contribution in [0, 0.1) is 5.92 Å². The smallest absolute Gasteiger partial charge is 0.406 e. The van der Waals surface area contributed by atoms with E-state index in [4.69, 9.17) is 10.5 Å². The number of hydrogen-bond acceptors (Lipinski definition) is 6. The second-order valence-electron chi connectivity index (χ2n) is 8.79. The van der Waals surface area contributed by atoms with Crippen molar-refractivity contribution in [3.63, 3.8) is 0 Å². The SMILES string of the molecule is NC1N=c2cnc(C(=O)N3CCC(F)(F)C[C@@H]3c3ccc(OC(F)(F)F)cc3)cc2=C2COCC21. The van der Waals surface area contributed by atoms with E-state index in [0.29, 0.717) is 23.8 Å². The molecule has 2 fully saturated rings. The average Bonchev–Trinajstić information content (AvgIpc) is 3.29. The van der Waals surface area contributed by atoms with Gasteiger partial charge in [-0.2, -0.15) is 0 Å². The first-order valence-corrected chi connectivity index (χ1v) is 11.0. The summed E-state index contributed by atoms with van der Waals surface area (Å²) in [6.07, 6.45) is -5.12. The number of nitrogens with zero attached hydrogens (tertiary/aromatic N) is 3. The lowest BCUT2D eigenvalue weighted by Crippen LogP contribution is -2.47. The molecule has 0 bridgehead atoms. The molecule has 4 heterocycles. The Morgan fingerprint density at radius 3 is 2.69 bits per heavy atom. The van der Waals surface area contributed by atoms with Crippen LogP contribution in [0.25, 0.3) is 5.57 Å². The number of ether oxygens (including phenoxy) is 2. The van der Waals surface area contributed by atoms with Crippen molar-refractivity contribution in [1.29, 1.82) is 0 Å². The molecule has 2 N–H and O–H groups in total. The number of aromatic nitrogens is 1. The maximum atomic E-state index is 14.3. The molecule has 0 radical (unpaired) electrons. The first-order valence-electron chi connectivity index (χ1n) is 11.0. The molecule has 12 heteroatoms. The van der Waals surface area contributed by atoms with E-state index in [9.17, 15) is 26.7 Å². The zero-order valence-electron chi connectivity index (χ0n) is 18.3. The standard InChI is InChI=1S/C23H21F5N4O3/c24-22(25)5-6-32(19(8-22)12-1-3-13(4-2-12)35-23(26,27)28)21(33)17-7-14-15-10-34-11-16(15)20(29)31-18(14)9-30-17/h1-4,7,9,16,19-20H,5-6,8,10-11,29H2/t16?,19-,20?/m1/s1. The molecule has 2 saturated heterocycles. The van der Waals surface area contributed by atoms with Crippen LogP contribution in [0.4, 0.5) is 22.0 Å². The first-order chi connectivity index (χ1) is 16.5. The molecule has 35 heavy (non-hydrogen) atoms. The van der Waals surface area contributed by atoms with Gasteiger partial charge in [-0.3, -0.25) is 9.79 Å². The van der Waals surface area contributed by atoms with Gasteiger partial charge in [0.1, 0.15) is 17.6 Å². The number of likely N-dealkylation sites (tertiary alicyclic amines) is 1. The van der Waals surface area contributed by atoms with Crippen molar-refractivity contribution in [1.82, 2.24) is 9.88 Å². The van der Waals surface area contributed by atoms with Crippen molar-refractivity contribution in [2.45, 2.75) is 37.3 Å². The fraction of sp³-hybridized carbons (Fsp3) is 0.435. The van der Waals surface area contributed by atoms with Crippen LogP contribution < -0.4 is 21.0 Å². The minimum absolute atomic E-state index is 0.0554. The summed E-state index contributed by atoms with van der Waals surface area (Å²) in [5.41, 5.74) is 7.33. The molecule has 3 atom stereocenters. The fourth-order valence-corrected chi connectivity index (χ4v) is 4.78. The van der Waals surface area contributed by atoms with Gasteiger partial charge in [-0.1, -0.05) is 12.1 Å². The number of pyridine rings is 1. The lowest BCUT2D eigenvalue weighted by Gasteiger charge is -2.39. The van der Waals surface area contributed by atoms with Crippen molar-refractivity contribution in [2.24, 2.45) is 16.6 Å². The van der Waals surface area contributed by atoms with Crippen molar-refractivity contribution in [3.8, 4) is 5.75 Å². The monoisotopic (exact) mass is 496 g/mol. The maximum Gasteiger partial charge on any atom is 0.573 e. The second-order valence-corrected chi connectivity index (χ2v) is 8.79. The molecule has 186 valence electrons. The van der Waals surface area contributed by atoms with Gasteiger partial charge in [-0.15, -0.1) is 13.2 Å². The lowest BCUT2D eigenvalue weighted by molar-refractivity contribution is -0.274. The fourth-order valence-electron chi connectivity index (χ4n) is 4.78. The topological polar surface area (TPSA) is 90.0 Å². The second kappa shape index (κ2) is 8.52. The highest BCUT2D eigenvalue weighted by atomic mass is 19.4. The number of piperidine rings is 1.